The van der Waals surface area contributed by atoms with Crippen molar-refractivity contribution in [3.8, 4) is 0 Å². The van der Waals surface area contributed by atoms with Crippen LogP contribution in [0.15, 0.2) is 24.3 Å². The zero-order chi connectivity index (χ0) is 25.1. The summed E-state index contributed by atoms with van der Waals surface area (Å²) < 4.78 is 12.3. The first-order chi connectivity index (χ1) is 16.0. The van der Waals surface area contributed by atoms with Gasteiger partial charge in [0.2, 0.25) is 11.8 Å². The van der Waals surface area contributed by atoms with Gasteiger partial charge in [-0.15, -0.1) is 0 Å². The molecule has 2 fully saturated rings. The van der Waals surface area contributed by atoms with E-state index in [2.05, 4.69) is 0 Å². The van der Waals surface area contributed by atoms with E-state index in [1.165, 1.54) is 4.90 Å². The molecule has 0 bridgehead atoms. The minimum Gasteiger partial charge on any atom is -0.461 e. The van der Waals surface area contributed by atoms with E-state index in [1.54, 1.807) is 11.0 Å². The fourth-order valence-electron chi connectivity index (χ4n) is 6.31. The van der Waals surface area contributed by atoms with Gasteiger partial charge in [-0.2, -0.15) is 0 Å². The summed E-state index contributed by atoms with van der Waals surface area (Å²) in [7, 11) is 0. The Hall–Kier alpha value is -2.19. The Labute approximate surface area is 201 Å². The lowest BCUT2D eigenvalue weighted by Gasteiger charge is -2.44. The fraction of sp³-hybridized carbons (Fsp3) is 0.731. The van der Waals surface area contributed by atoms with Crippen molar-refractivity contribution in [2.45, 2.75) is 83.2 Å². The van der Waals surface area contributed by atoms with E-state index in [9.17, 15) is 19.5 Å². The lowest BCUT2D eigenvalue weighted by atomic mass is 9.73. The quantitative estimate of drug-likeness (QED) is 0.484. The number of fused-ring (bicyclic) bond motifs is 2. The van der Waals surface area contributed by atoms with Crippen LogP contribution in [-0.4, -0.2) is 81.3 Å². The Balaban J connectivity index is 1.95. The largest absolute Gasteiger partial charge is 0.461 e. The van der Waals surface area contributed by atoms with Gasteiger partial charge in [0, 0.05) is 12.1 Å². The minimum atomic E-state index is -1.32. The molecule has 0 aromatic heterocycles. The molecule has 0 aliphatic carbocycles. The molecule has 4 rings (SSSR count). The second kappa shape index (κ2) is 8.48. The normalized spacial score (nSPS) is 37.0. The Bertz CT molecular complexity index is 923. The zero-order valence-corrected chi connectivity index (χ0v) is 21.1. The van der Waals surface area contributed by atoms with Crippen LogP contribution >= 0.6 is 0 Å². The SMILES string of the molecule is CC[C@H](C)[C@H](CO)N1C(=O)[C@@H]2[C@@H]3C(=O)OCC=C[C@]3(CC)O[C@@]23C=CCN(C(C)(C)C)C(=O)C13. The first kappa shape index (κ1) is 24.9. The Morgan fingerprint density at radius 3 is 2.41 bits per heavy atom. The third-order valence-electron chi connectivity index (χ3n) is 8.29. The molecule has 0 saturated carbocycles. The van der Waals surface area contributed by atoms with Crippen LogP contribution < -0.4 is 0 Å². The van der Waals surface area contributed by atoms with Gasteiger partial charge >= 0.3 is 5.97 Å². The number of hydrogen-bond acceptors (Lipinski definition) is 6. The number of aliphatic hydroxyl groups excluding tert-OH is 1. The summed E-state index contributed by atoms with van der Waals surface area (Å²) in [5.74, 6) is -2.87. The highest BCUT2D eigenvalue weighted by Crippen LogP contribution is 2.59. The second-order valence-corrected chi connectivity index (χ2v) is 11.1. The highest BCUT2D eigenvalue weighted by Gasteiger charge is 2.76. The molecule has 1 spiro atoms. The molecule has 188 valence electrons. The van der Waals surface area contributed by atoms with Crippen LogP contribution in [0.4, 0.5) is 0 Å². The molecule has 7 atom stereocenters. The molecule has 0 aromatic rings. The van der Waals surface area contributed by atoms with Gasteiger partial charge in [0.25, 0.3) is 0 Å². The summed E-state index contributed by atoms with van der Waals surface area (Å²) in [5.41, 5.74) is -2.85. The number of rotatable bonds is 5. The number of carbonyl (C=O) groups excluding carboxylic acids is 3. The van der Waals surface area contributed by atoms with Crippen LogP contribution in [0.25, 0.3) is 0 Å². The molecule has 4 aliphatic rings. The summed E-state index contributed by atoms with van der Waals surface area (Å²) in [6, 6.07) is -1.55. The standard InChI is InChI=1S/C26H38N2O6/c1-7-16(3)17(15-29)28-20-22(31)27(24(4,5)6)13-9-12-26(20)18(21(28)30)19-23(32)33-14-10-11-25(19,8-2)34-26/h9-12,16-20,29H,7-8,13-15H2,1-6H3/t16-,17-,18-,19+,20?,25-,26-/m0/s1. The Kier molecular flexibility index (Phi) is 6.22. The molecule has 8 heteroatoms. The summed E-state index contributed by atoms with van der Waals surface area (Å²) >= 11 is 0. The van der Waals surface area contributed by atoms with Crippen LogP contribution in [0, 0.1) is 17.8 Å². The maximum Gasteiger partial charge on any atom is 0.313 e. The van der Waals surface area contributed by atoms with Gasteiger partial charge in [-0.1, -0.05) is 45.4 Å². The summed E-state index contributed by atoms with van der Waals surface area (Å²) in [5, 5.41) is 10.4. The summed E-state index contributed by atoms with van der Waals surface area (Å²) in [6.07, 6.45) is 8.50. The molecule has 0 aromatic carbocycles. The van der Waals surface area contributed by atoms with E-state index in [0.717, 1.165) is 6.42 Å². The Morgan fingerprint density at radius 2 is 1.82 bits per heavy atom. The molecule has 2 saturated heterocycles. The van der Waals surface area contributed by atoms with Crippen LogP contribution in [0.5, 0.6) is 0 Å². The van der Waals surface area contributed by atoms with Crippen molar-refractivity contribution < 1.29 is 29.0 Å². The molecular weight excluding hydrogens is 436 g/mol. The minimum absolute atomic E-state index is 0.0511. The van der Waals surface area contributed by atoms with Crippen molar-refractivity contribution in [1.29, 1.82) is 0 Å². The summed E-state index contributed by atoms with van der Waals surface area (Å²) in [6.45, 7) is 12.0. The van der Waals surface area contributed by atoms with E-state index < -0.39 is 46.6 Å². The first-order valence-corrected chi connectivity index (χ1v) is 12.5. The van der Waals surface area contributed by atoms with Gasteiger partial charge in [-0.05, 0) is 39.2 Å². The number of carbonyl (C=O) groups is 3. The molecule has 8 nitrogen and oxygen atoms in total. The van der Waals surface area contributed by atoms with Crippen LogP contribution in [0.2, 0.25) is 0 Å². The number of likely N-dealkylation sites (tertiary alicyclic amines) is 1. The average molecular weight is 475 g/mol. The number of ether oxygens (including phenoxy) is 2. The van der Waals surface area contributed by atoms with Crippen molar-refractivity contribution in [1.82, 2.24) is 9.80 Å². The van der Waals surface area contributed by atoms with Gasteiger partial charge in [-0.25, -0.2) is 0 Å². The summed E-state index contributed by atoms with van der Waals surface area (Å²) in [4.78, 5) is 45.0. The number of amides is 2. The molecule has 0 radical (unpaired) electrons. The van der Waals surface area contributed by atoms with Gasteiger partial charge in [-0.3, -0.25) is 14.4 Å². The van der Waals surface area contributed by atoms with E-state index in [4.69, 9.17) is 9.47 Å². The topological polar surface area (TPSA) is 96.4 Å². The predicted molar refractivity (Wildman–Crippen MR) is 125 cm³/mol. The van der Waals surface area contributed by atoms with Crippen LogP contribution in [0.1, 0.15) is 54.4 Å². The van der Waals surface area contributed by atoms with Crippen molar-refractivity contribution in [3.05, 3.63) is 24.3 Å². The molecule has 1 N–H and O–H groups in total. The average Bonchev–Trinajstić information content (AvgIpc) is 3.05. The second-order valence-electron chi connectivity index (χ2n) is 11.1. The number of cyclic esters (lactones) is 1. The maximum atomic E-state index is 14.3. The van der Waals surface area contributed by atoms with Crippen LogP contribution in [-0.2, 0) is 23.9 Å². The fourth-order valence-corrected chi connectivity index (χ4v) is 6.31. The number of hydrogen-bond donors (Lipinski definition) is 1. The molecule has 34 heavy (non-hydrogen) atoms. The molecule has 4 heterocycles. The van der Waals surface area contributed by atoms with Crippen molar-refractivity contribution >= 4 is 17.8 Å². The van der Waals surface area contributed by atoms with Gasteiger partial charge < -0.3 is 24.4 Å². The van der Waals surface area contributed by atoms with Crippen LogP contribution in [0.3, 0.4) is 0 Å². The van der Waals surface area contributed by atoms with Crippen molar-refractivity contribution in [3.63, 3.8) is 0 Å². The predicted octanol–water partition coefficient (Wildman–Crippen LogP) is 2.06. The monoisotopic (exact) mass is 474 g/mol. The first-order valence-electron chi connectivity index (χ1n) is 12.5. The van der Waals surface area contributed by atoms with E-state index in [0.29, 0.717) is 13.0 Å². The Morgan fingerprint density at radius 1 is 1.12 bits per heavy atom. The van der Waals surface area contributed by atoms with E-state index in [1.807, 2.05) is 59.8 Å². The lowest BCUT2D eigenvalue weighted by Crippen LogP contribution is -2.62. The van der Waals surface area contributed by atoms with Crippen molar-refractivity contribution in [2.24, 2.45) is 17.8 Å². The van der Waals surface area contributed by atoms with E-state index >= 15 is 0 Å². The molecule has 1 unspecified atom stereocenters. The van der Waals surface area contributed by atoms with Gasteiger partial charge in [0.1, 0.15) is 29.8 Å². The van der Waals surface area contributed by atoms with E-state index in [-0.39, 0.29) is 30.9 Å². The zero-order valence-electron chi connectivity index (χ0n) is 21.1. The number of esters is 1. The molecule has 2 amide bonds. The molecule has 4 aliphatic heterocycles. The maximum absolute atomic E-state index is 14.3. The highest BCUT2D eigenvalue weighted by atomic mass is 16.6. The van der Waals surface area contributed by atoms with Gasteiger partial charge in [0.15, 0.2) is 0 Å². The van der Waals surface area contributed by atoms with Crippen molar-refractivity contribution in [2.75, 3.05) is 19.8 Å². The van der Waals surface area contributed by atoms with Gasteiger partial charge in [0.05, 0.1) is 18.6 Å². The number of aliphatic hydroxyl groups is 1. The third-order valence-corrected chi connectivity index (χ3v) is 8.29. The lowest BCUT2D eigenvalue weighted by molar-refractivity contribution is -0.163. The number of nitrogens with zero attached hydrogens (tertiary/aromatic N) is 2. The molecular formula is C26H38N2O6. The third kappa shape index (κ3) is 3.36. The highest BCUT2D eigenvalue weighted by molar-refractivity contribution is 5.99. The smallest absolute Gasteiger partial charge is 0.313 e.